The van der Waals surface area contributed by atoms with Gasteiger partial charge in [0.25, 0.3) is 0 Å². The van der Waals surface area contributed by atoms with Crippen LogP contribution in [0.3, 0.4) is 0 Å². The highest BCUT2D eigenvalue weighted by Crippen LogP contribution is 2.57. The van der Waals surface area contributed by atoms with Crippen LogP contribution in [0.25, 0.3) is 0 Å². The maximum absolute atomic E-state index is 2.57. The summed E-state index contributed by atoms with van der Waals surface area (Å²) >= 11 is 0. The summed E-state index contributed by atoms with van der Waals surface area (Å²) in [6.07, 6.45) is 20.2. The van der Waals surface area contributed by atoms with Crippen LogP contribution >= 0.6 is 0 Å². The molecule has 0 radical (unpaired) electrons. The lowest BCUT2D eigenvalue weighted by Gasteiger charge is -2.38. The Morgan fingerprint density at radius 3 is 1.33 bits per heavy atom. The highest BCUT2D eigenvalue weighted by Gasteiger charge is 2.47. The molecule has 0 aromatic carbocycles. The molecule has 2 fully saturated rings. The van der Waals surface area contributed by atoms with Crippen LogP contribution < -0.4 is 0 Å². The van der Waals surface area contributed by atoms with E-state index in [0.717, 1.165) is 11.8 Å². The minimum absolute atomic E-state index is 0.640. The van der Waals surface area contributed by atoms with E-state index in [-0.39, 0.29) is 0 Å². The highest BCUT2D eigenvalue weighted by molar-refractivity contribution is 5.30. The maximum Gasteiger partial charge on any atom is 0.0118 e. The average Bonchev–Trinajstić information content (AvgIpc) is 3.13. The summed E-state index contributed by atoms with van der Waals surface area (Å²) in [6, 6.07) is 0. The van der Waals surface area contributed by atoms with Crippen molar-refractivity contribution in [2.24, 2.45) is 17.3 Å². The largest absolute Gasteiger partial charge is 0.0771 e. The number of rotatable bonds is 2. The number of hydrogen-bond acceptors (Lipinski definition) is 0. The summed E-state index contributed by atoms with van der Waals surface area (Å²) in [6.45, 7) is 0. The van der Waals surface area contributed by atoms with Crippen molar-refractivity contribution in [2.45, 2.75) is 64.2 Å². The van der Waals surface area contributed by atoms with Crippen LogP contribution in [-0.2, 0) is 0 Å². The van der Waals surface area contributed by atoms with E-state index in [0.29, 0.717) is 5.41 Å². The first kappa shape index (κ1) is 9.93. The van der Waals surface area contributed by atoms with Crippen LogP contribution in [0.4, 0.5) is 0 Å². The topological polar surface area (TPSA) is 0 Å². The molecule has 0 atom stereocenters. The predicted octanol–water partition coefficient (Wildman–Crippen LogP) is 4.70. The molecule has 0 aromatic heterocycles. The third-order valence-electron chi connectivity index (χ3n) is 5.18. The van der Waals surface area contributed by atoms with Crippen molar-refractivity contribution >= 4 is 0 Å². The lowest BCUT2D eigenvalue weighted by Crippen LogP contribution is -2.30. The molecule has 0 nitrogen and oxygen atoms in total. The predicted molar refractivity (Wildman–Crippen MR) is 64.7 cm³/mol. The second kappa shape index (κ2) is 3.96. The summed E-state index contributed by atoms with van der Waals surface area (Å²) < 4.78 is 0. The summed E-state index contributed by atoms with van der Waals surface area (Å²) in [5, 5.41) is 0. The van der Waals surface area contributed by atoms with Crippen LogP contribution in [0, 0.1) is 17.3 Å². The second-order valence-electron chi connectivity index (χ2n) is 6.00. The molecule has 3 rings (SSSR count). The van der Waals surface area contributed by atoms with Crippen LogP contribution in [0.1, 0.15) is 64.2 Å². The molecular formula is C15H24. The van der Waals surface area contributed by atoms with E-state index in [1.165, 1.54) is 64.2 Å². The highest BCUT2D eigenvalue weighted by atomic mass is 14.5. The molecule has 0 N–H and O–H groups in total. The Labute approximate surface area is 94.1 Å². The molecule has 2 saturated carbocycles. The van der Waals surface area contributed by atoms with Gasteiger partial charge in [0.05, 0.1) is 0 Å². The van der Waals surface area contributed by atoms with Crippen LogP contribution in [0.15, 0.2) is 12.2 Å². The van der Waals surface area contributed by atoms with Gasteiger partial charge in [-0.3, -0.25) is 0 Å². The zero-order chi connectivity index (χ0) is 10.1. The molecule has 0 saturated heterocycles. The van der Waals surface area contributed by atoms with Gasteiger partial charge < -0.3 is 0 Å². The first-order chi connectivity index (χ1) is 7.42. The van der Waals surface area contributed by atoms with E-state index < -0.39 is 0 Å². The van der Waals surface area contributed by atoms with Crippen molar-refractivity contribution in [3.8, 4) is 0 Å². The normalized spacial score (nSPS) is 31.7. The fourth-order valence-electron chi connectivity index (χ4n) is 4.18. The fourth-order valence-corrected chi connectivity index (χ4v) is 4.18. The van der Waals surface area contributed by atoms with E-state index in [4.69, 9.17) is 0 Å². The van der Waals surface area contributed by atoms with Crippen molar-refractivity contribution in [3.05, 3.63) is 12.2 Å². The van der Waals surface area contributed by atoms with Gasteiger partial charge in [0.2, 0.25) is 0 Å². The molecule has 0 bridgehead atoms. The van der Waals surface area contributed by atoms with Gasteiger partial charge in [-0.2, -0.15) is 0 Å². The molecule has 3 aliphatic carbocycles. The van der Waals surface area contributed by atoms with Gasteiger partial charge in [0.1, 0.15) is 0 Å². The molecular weight excluding hydrogens is 180 g/mol. The summed E-state index contributed by atoms with van der Waals surface area (Å²) in [5.74, 6) is 2.07. The summed E-state index contributed by atoms with van der Waals surface area (Å²) in [4.78, 5) is 0. The monoisotopic (exact) mass is 204 g/mol. The fraction of sp³-hybridized carbons (Fsp3) is 0.867. The Balaban J connectivity index is 1.66. The van der Waals surface area contributed by atoms with Gasteiger partial charge >= 0.3 is 0 Å². The maximum atomic E-state index is 2.57. The van der Waals surface area contributed by atoms with Crippen molar-refractivity contribution in [2.75, 3.05) is 0 Å². The molecule has 3 aliphatic rings. The Bertz CT molecular complexity index is 213. The zero-order valence-electron chi connectivity index (χ0n) is 9.88. The van der Waals surface area contributed by atoms with Crippen molar-refractivity contribution < 1.29 is 0 Å². The SMILES string of the molecule is C1=CC1(C1CCCCC1)C1CCCCC1. The standard InChI is InChI=1S/C15H24/c1-3-7-13(8-4-1)15(11-12-15)14-9-5-2-6-10-14/h11-14H,1-10H2. The van der Waals surface area contributed by atoms with Crippen molar-refractivity contribution in [1.29, 1.82) is 0 Å². The lowest BCUT2D eigenvalue weighted by atomic mass is 9.66. The van der Waals surface area contributed by atoms with Crippen molar-refractivity contribution in [3.63, 3.8) is 0 Å². The Morgan fingerprint density at radius 2 is 1.00 bits per heavy atom. The van der Waals surface area contributed by atoms with E-state index in [1.807, 2.05) is 0 Å². The Morgan fingerprint density at radius 1 is 0.600 bits per heavy atom. The third kappa shape index (κ3) is 1.77. The quantitative estimate of drug-likeness (QED) is 0.572. The third-order valence-corrected chi connectivity index (χ3v) is 5.18. The van der Waals surface area contributed by atoms with Crippen LogP contribution in [-0.4, -0.2) is 0 Å². The molecule has 84 valence electrons. The van der Waals surface area contributed by atoms with E-state index in [2.05, 4.69) is 12.2 Å². The summed E-state index contributed by atoms with van der Waals surface area (Å²) in [7, 11) is 0. The number of allylic oxidation sites excluding steroid dienone is 2. The molecule has 0 aliphatic heterocycles. The van der Waals surface area contributed by atoms with Gasteiger partial charge in [-0.15, -0.1) is 0 Å². The number of hydrogen-bond donors (Lipinski definition) is 0. The van der Waals surface area contributed by atoms with E-state index >= 15 is 0 Å². The molecule has 0 heteroatoms. The van der Waals surface area contributed by atoms with E-state index in [1.54, 1.807) is 0 Å². The average molecular weight is 204 g/mol. The smallest absolute Gasteiger partial charge is 0.0118 e. The Hall–Kier alpha value is -0.260. The van der Waals surface area contributed by atoms with E-state index in [9.17, 15) is 0 Å². The van der Waals surface area contributed by atoms with Crippen LogP contribution in [0.2, 0.25) is 0 Å². The molecule has 0 amide bonds. The zero-order valence-corrected chi connectivity index (χ0v) is 9.88. The van der Waals surface area contributed by atoms with Gasteiger partial charge in [0, 0.05) is 5.41 Å². The first-order valence-corrected chi connectivity index (χ1v) is 7.12. The van der Waals surface area contributed by atoms with Gasteiger partial charge in [-0.05, 0) is 37.5 Å². The molecule has 0 heterocycles. The minimum atomic E-state index is 0.640. The summed E-state index contributed by atoms with van der Waals surface area (Å²) in [5.41, 5.74) is 0.640. The molecule has 0 spiro atoms. The molecule has 0 aromatic rings. The lowest BCUT2D eigenvalue weighted by molar-refractivity contribution is 0.145. The Kier molecular flexibility index (Phi) is 2.62. The minimum Gasteiger partial charge on any atom is -0.0771 e. The second-order valence-corrected chi connectivity index (χ2v) is 6.00. The van der Waals surface area contributed by atoms with Gasteiger partial charge in [-0.1, -0.05) is 50.7 Å². The van der Waals surface area contributed by atoms with Crippen molar-refractivity contribution in [1.82, 2.24) is 0 Å². The molecule has 15 heavy (non-hydrogen) atoms. The molecule has 0 unspecified atom stereocenters. The van der Waals surface area contributed by atoms with Crippen LogP contribution in [0.5, 0.6) is 0 Å². The first-order valence-electron chi connectivity index (χ1n) is 7.12. The van der Waals surface area contributed by atoms with Gasteiger partial charge in [0.15, 0.2) is 0 Å². The van der Waals surface area contributed by atoms with Gasteiger partial charge in [-0.25, -0.2) is 0 Å².